The van der Waals surface area contributed by atoms with E-state index in [0.29, 0.717) is 35.3 Å². The third kappa shape index (κ3) is 3.53. The number of sulfonamides is 1. The van der Waals surface area contributed by atoms with Gasteiger partial charge >= 0.3 is 0 Å². The van der Waals surface area contributed by atoms with Gasteiger partial charge in [-0.1, -0.05) is 13.8 Å². The van der Waals surface area contributed by atoms with Crippen LogP contribution in [-0.4, -0.2) is 60.0 Å². The van der Waals surface area contributed by atoms with E-state index in [0.717, 1.165) is 25.4 Å². The van der Waals surface area contributed by atoms with Crippen LogP contribution in [0.2, 0.25) is 0 Å². The average molecular weight is 355 g/mol. The molecule has 2 fully saturated rings. The fourth-order valence-electron chi connectivity index (χ4n) is 3.79. The molecule has 7 heteroatoms. The molecule has 0 bridgehead atoms. The first-order chi connectivity index (χ1) is 11.3. The molecule has 3 rings (SSSR count). The number of nitrogens with one attached hydrogen (secondary N) is 1. The van der Waals surface area contributed by atoms with Crippen LogP contribution in [0.5, 0.6) is 0 Å². The number of nitrogens with zero attached hydrogens (tertiary/aromatic N) is 3. The highest BCUT2D eigenvalue weighted by molar-refractivity contribution is 7.89. The number of H-pyrrole nitrogens is 1. The van der Waals surface area contributed by atoms with Gasteiger partial charge in [-0.3, -0.25) is 10.00 Å². The van der Waals surface area contributed by atoms with E-state index in [4.69, 9.17) is 0 Å². The Morgan fingerprint density at radius 1 is 1.25 bits per heavy atom. The molecule has 2 heterocycles. The Balaban J connectivity index is 1.85. The van der Waals surface area contributed by atoms with Crippen LogP contribution in [0.4, 0.5) is 0 Å². The summed E-state index contributed by atoms with van der Waals surface area (Å²) in [4.78, 5) is 2.90. The molecule has 1 atom stereocenters. The van der Waals surface area contributed by atoms with Gasteiger partial charge in [-0.2, -0.15) is 9.40 Å². The summed E-state index contributed by atoms with van der Waals surface area (Å²) in [5.41, 5.74) is 1.19. The van der Waals surface area contributed by atoms with Crippen molar-refractivity contribution in [2.45, 2.75) is 57.9 Å². The molecule has 0 amide bonds. The Morgan fingerprint density at radius 2 is 1.96 bits per heavy atom. The van der Waals surface area contributed by atoms with E-state index in [-0.39, 0.29) is 6.04 Å². The second-order valence-corrected chi connectivity index (χ2v) is 9.60. The van der Waals surface area contributed by atoms with Gasteiger partial charge in [0, 0.05) is 25.7 Å². The fraction of sp³-hybridized carbons (Fsp3) is 0.824. The SMILES string of the molecule is Cc1n[nH]c(C)c1S(=O)(=O)N1CCCN(CC2CC2)[C@H](C(C)C)C1. The van der Waals surface area contributed by atoms with Gasteiger partial charge in [-0.15, -0.1) is 0 Å². The monoisotopic (exact) mass is 354 g/mol. The van der Waals surface area contributed by atoms with E-state index in [1.165, 1.54) is 12.8 Å². The van der Waals surface area contributed by atoms with Crippen molar-refractivity contribution in [1.82, 2.24) is 19.4 Å². The van der Waals surface area contributed by atoms with Crippen molar-refractivity contribution in [3.63, 3.8) is 0 Å². The summed E-state index contributed by atoms with van der Waals surface area (Å²) in [6, 6.07) is 0.287. The van der Waals surface area contributed by atoms with Crippen LogP contribution in [0, 0.1) is 25.7 Å². The quantitative estimate of drug-likeness (QED) is 0.880. The largest absolute Gasteiger partial charge is 0.298 e. The highest BCUT2D eigenvalue weighted by Crippen LogP contribution is 2.32. The molecule has 1 saturated carbocycles. The molecule has 0 spiro atoms. The number of hydrogen-bond donors (Lipinski definition) is 1. The van der Waals surface area contributed by atoms with Crippen molar-refractivity contribution in [3.8, 4) is 0 Å². The van der Waals surface area contributed by atoms with Crippen molar-refractivity contribution in [2.24, 2.45) is 11.8 Å². The van der Waals surface area contributed by atoms with Crippen molar-refractivity contribution >= 4 is 10.0 Å². The molecular weight excluding hydrogens is 324 g/mol. The summed E-state index contributed by atoms with van der Waals surface area (Å²) >= 11 is 0. The first-order valence-corrected chi connectivity index (χ1v) is 10.5. The lowest BCUT2D eigenvalue weighted by molar-refractivity contribution is 0.150. The van der Waals surface area contributed by atoms with E-state index in [9.17, 15) is 8.42 Å². The molecule has 136 valence electrons. The van der Waals surface area contributed by atoms with Crippen LogP contribution in [-0.2, 0) is 10.0 Å². The van der Waals surface area contributed by atoms with Gasteiger partial charge in [0.2, 0.25) is 10.0 Å². The van der Waals surface area contributed by atoms with Crippen LogP contribution < -0.4 is 0 Å². The van der Waals surface area contributed by atoms with Crippen molar-refractivity contribution < 1.29 is 8.42 Å². The smallest absolute Gasteiger partial charge is 0.246 e. The zero-order chi connectivity index (χ0) is 17.5. The Hall–Kier alpha value is -0.920. The van der Waals surface area contributed by atoms with Crippen LogP contribution in [0.25, 0.3) is 0 Å². The molecule has 1 aromatic heterocycles. The van der Waals surface area contributed by atoms with E-state index in [1.54, 1.807) is 18.2 Å². The number of aromatic amines is 1. The van der Waals surface area contributed by atoms with Gasteiger partial charge in [-0.05, 0) is 51.5 Å². The van der Waals surface area contributed by atoms with Crippen molar-refractivity contribution in [1.29, 1.82) is 0 Å². The zero-order valence-corrected chi connectivity index (χ0v) is 16.1. The lowest BCUT2D eigenvalue weighted by Gasteiger charge is -2.34. The van der Waals surface area contributed by atoms with Crippen molar-refractivity contribution in [2.75, 3.05) is 26.2 Å². The summed E-state index contributed by atoms with van der Waals surface area (Å²) in [6.45, 7) is 11.2. The maximum absolute atomic E-state index is 13.2. The van der Waals surface area contributed by atoms with E-state index in [1.807, 2.05) is 0 Å². The number of rotatable bonds is 5. The third-order valence-electron chi connectivity index (χ3n) is 5.33. The van der Waals surface area contributed by atoms with Gasteiger partial charge in [0.1, 0.15) is 4.90 Å². The molecule has 1 N–H and O–H groups in total. The second-order valence-electron chi connectivity index (χ2n) is 7.73. The Bertz CT molecular complexity index is 659. The molecule has 1 saturated heterocycles. The topological polar surface area (TPSA) is 69.3 Å². The van der Waals surface area contributed by atoms with Crippen molar-refractivity contribution in [3.05, 3.63) is 11.4 Å². The predicted octanol–water partition coefficient (Wildman–Crippen LogP) is 2.16. The van der Waals surface area contributed by atoms with Gasteiger partial charge in [0.25, 0.3) is 0 Å². The first-order valence-electron chi connectivity index (χ1n) is 9.06. The lowest BCUT2D eigenvalue weighted by atomic mass is 10.0. The standard InChI is InChI=1S/C17H30N4O2S/c1-12(2)16-11-21(9-5-8-20(16)10-15-6-7-15)24(22,23)17-13(3)18-19-14(17)4/h12,15-16H,5-11H2,1-4H3,(H,18,19)/t16-/m0/s1. The van der Waals surface area contributed by atoms with Gasteiger partial charge in [-0.25, -0.2) is 8.42 Å². The fourth-order valence-corrected chi connectivity index (χ4v) is 5.62. The number of hydrogen-bond acceptors (Lipinski definition) is 4. The van der Waals surface area contributed by atoms with Gasteiger partial charge in [0.05, 0.1) is 11.4 Å². The third-order valence-corrected chi connectivity index (χ3v) is 7.46. The van der Waals surface area contributed by atoms with E-state index >= 15 is 0 Å². The van der Waals surface area contributed by atoms with E-state index < -0.39 is 10.0 Å². The summed E-state index contributed by atoms with van der Waals surface area (Å²) in [6.07, 6.45) is 3.55. The summed E-state index contributed by atoms with van der Waals surface area (Å²) in [5, 5.41) is 6.88. The molecule has 0 unspecified atom stereocenters. The molecule has 1 aliphatic heterocycles. The van der Waals surface area contributed by atoms with E-state index in [2.05, 4.69) is 28.9 Å². The average Bonchev–Trinajstić information content (AvgIpc) is 3.27. The number of aromatic nitrogens is 2. The lowest BCUT2D eigenvalue weighted by Crippen LogP contribution is -2.46. The molecule has 1 aromatic rings. The van der Waals surface area contributed by atoms with Crippen LogP contribution in [0.15, 0.2) is 4.90 Å². The highest BCUT2D eigenvalue weighted by Gasteiger charge is 2.37. The molecule has 2 aliphatic rings. The first kappa shape index (κ1) is 17.9. The maximum atomic E-state index is 13.2. The summed E-state index contributed by atoms with van der Waals surface area (Å²) in [7, 11) is -3.49. The predicted molar refractivity (Wildman–Crippen MR) is 94.4 cm³/mol. The van der Waals surface area contributed by atoms with Gasteiger partial charge in [0.15, 0.2) is 0 Å². The zero-order valence-electron chi connectivity index (χ0n) is 15.2. The summed E-state index contributed by atoms with van der Waals surface area (Å²) < 4.78 is 28.1. The molecule has 1 aliphatic carbocycles. The minimum Gasteiger partial charge on any atom is -0.298 e. The maximum Gasteiger partial charge on any atom is 0.246 e. The minimum atomic E-state index is -3.49. The van der Waals surface area contributed by atoms with Crippen LogP contribution >= 0.6 is 0 Å². The highest BCUT2D eigenvalue weighted by atomic mass is 32.2. The Labute approximate surface area is 145 Å². The van der Waals surface area contributed by atoms with Crippen LogP contribution in [0.3, 0.4) is 0 Å². The molecule has 24 heavy (non-hydrogen) atoms. The minimum absolute atomic E-state index is 0.287. The van der Waals surface area contributed by atoms with Crippen LogP contribution in [0.1, 0.15) is 44.5 Å². The van der Waals surface area contributed by atoms with Gasteiger partial charge < -0.3 is 0 Å². The number of aryl methyl sites for hydroxylation is 2. The Kier molecular flexibility index (Phi) is 5.04. The molecular formula is C17H30N4O2S. The molecule has 0 aromatic carbocycles. The summed E-state index contributed by atoms with van der Waals surface area (Å²) in [5.74, 6) is 1.26. The molecule has 6 nitrogen and oxygen atoms in total. The Morgan fingerprint density at radius 3 is 2.50 bits per heavy atom. The second kappa shape index (κ2) is 6.77. The molecule has 0 radical (unpaired) electrons. The normalized spacial score (nSPS) is 24.5.